The first-order chi connectivity index (χ1) is 8.65. The molecule has 0 saturated carbocycles. The van der Waals surface area contributed by atoms with E-state index in [4.69, 9.17) is 10.5 Å². The van der Waals surface area contributed by atoms with Crippen molar-refractivity contribution in [1.29, 1.82) is 0 Å². The zero-order valence-electron chi connectivity index (χ0n) is 9.92. The van der Waals surface area contributed by atoms with Gasteiger partial charge < -0.3 is 15.8 Å². The molecule has 0 spiro atoms. The van der Waals surface area contributed by atoms with Crippen LogP contribution < -0.4 is 15.8 Å². The van der Waals surface area contributed by atoms with Gasteiger partial charge in [-0.1, -0.05) is 0 Å². The molecule has 18 heavy (non-hydrogen) atoms. The lowest BCUT2D eigenvalue weighted by atomic mass is 10.2. The zero-order valence-corrected chi connectivity index (χ0v) is 9.92. The van der Waals surface area contributed by atoms with Crippen LogP contribution in [0.1, 0.15) is 16.1 Å². The highest BCUT2D eigenvalue weighted by atomic mass is 16.5. The molecule has 1 aliphatic heterocycles. The molecule has 2 atom stereocenters. The van der Waals surface area contributed by atoms with Crippen molar-refractivity contribution in [3.63, 3.8) is 0 Å². The van der Waals surface area contributed by atoms with Gasteiger partial charge in [0.25, 0.3) is 5.91 Å². The Hall–Kier alpha value is -2.15. The summed E-state index contributed by atoms with van der Waals surface area (Å²) in [6.07, 6.45) is 0.749. The van der Waals surface area contributed by atoms with Crippen molar-refractivity contribution in [2.75, 3.05) is 13.7 Å². The second kappa shape index (κ2) is 5.01. The molecule has 1 aromatic heterocycles. The first-order valence-corrected chi connectivity index (χ1v) is 5.43. The first-order valence-electron chi connectivity index (χ1n) is 5.43. The van der Waals surface area contributed by atoms with E-state index in [0.29, 0.717) is 18.8 Å². The average Bonchev–Trinajstić information content (AvgIpc) is 3.08. The summed E-state index contributed by atoms with van der Waals surface area (Å²) in [5, 5.41) is 2.67. The van der Waals surface area contributed by atoms with E-state index in [1.165, 1.54) is 7.11 Å². The van der Waals surface area contributed by atoms with Gasteiger partial charge in [0, 0.05) is 18.7 Å². The molecule has 3 N–H and O–H groups in total. The van der Waals surface area contributed by atoms with Crippen LogP contribution in [-0.2, 0) is 11.3 Å². The molecule has 0 aromatic carbocycles. The van der Waals surface area contributed by atoms with Gasteiger partial charge in [-0.25, -0.2) is 4.98 Å². The highest BCUT2D eigenvalue weighted by Gasteiger charge is 2.34. The Morgan fingerprint density at radius 3 is 3.11 bits per heavy atom. The third-order valence-corrected chi connectivity index (χ3v) is 2.73. The maximum atomic E-state index is 11.0. The van der Waals surface area contributed by atoms with Crippen LogP contribution in [0.5, 0.6) is 5.88 Å². The van der Waals surface area contributed by atoms with Crippen LogP contribution in [-0.4, -0.2) is 42.0 Å². The fourth-order valence-corrected chi connectivity index (χ4v) is 1.71. The van der Waals surface area contributed by atoms with Crippen LogP contribution in [0.2, 0.25) is 0 Å². The van der Waals surface area contributed by atoms with Crippen molar-refractivity contribution in [1.82, 2.24) is 15.2 Å². The average molecular weight is 250 g/mol. The molecule has 1 fully saturated rings. The quantitative estimate of drug-likeness (QED) is 0.502. The Bertz CT molecular complexity index is 477. The Morgan fingerprint density at radius 1 is 1.72 bits per heavy atom. The lowest BCUT2D eigenvalue weighted by Gasteiger charge is -2.09. The maximum absolute atomic E-state index is 11.0. The van der Waals surface area contributed by atoms with E-state index in [2.05, 4.69) is 10.3 Å². The van der Waals surface area contributed by atoms with E-state index >= 15 is 0 Å². The highest BCUT2D eigenvalue weighted by molar-refractivity contribution is 5.90. The molecular formula is C11H14N4O3. The van der Waals surface area contributed by atoms with Crippen molar-refractivity contribution < 1.29 is 14.3 Å². The molecule has 7 heteroatoms. The summed E-state index contributed by atoms with van der Waals surface area (Å²) in [4.78, 5) is 27.3. The smallest absolute Gasteiger partial charge is 0.267 e. The lowest BCUT2D eigenvalue weighted by molar-refractivity contribution is -0.109. The molecule has 2 heterocycles. The van der Waals surface area contributed by atoms with E-state index in [-0.39, 0.29) is 11.9 Å². The van der Waals surface area contributed by atoms with Crippen molar-refractivity contribution in [3.05, 3.63) is 23.4 Å². The van der Waals surface area contributed by atoms with Crippen molar-refractivity contribution in [2.45, 2.75) is 12.7 Å². The summed E-state index contributed by atoms with van der Waals surface area (Å²) >= 11 is 0. The molecule has 96 valence electrons. The Labute approximate surface area is 104 Å². The molecule has 0 bridgehead atoms. The van der Waals surface area contributed by atoms with Crippen LogP contribution in [0.25, 0.3) is 0 Å². The minimum Gasteiger partial charge on any atom is -0.481 e. The van der Waals surface area contributed by atoms with Crippen LogP contribution >= 0.6 is 0 Å². The molecule has 2 amide bonds. The topological polar surface area (TPSA) is 97.3 Å². The predicted octanol–water partition coefficient (Wildman–Crippen LogP) is -0.923. The molecule has 7 nitrogen and oxygen atoms in total. The number of nitrogens with zero attached hydrogens (tertiary/aromatic N) is 2. The fourth-order valence-electron chi connectivity index (χ4n) is 1.71. The highest BCUT2D eigenvalue weighted by Crippen LogP contribution is 2.23. The number of carbonyl (C=O) groups is 2. The van der Waals surface area contributed by atoms with E-state index in [9.17, 15) is 9.59 Å². The predicted molar refractivity (Wildman–Crippen MR) is 62.7 cm³/mol. The molecule has 1 saturated heterocycles. The summed E-state index contributed by atoms with van der Waals surface area (Å²) in [7, 11) is 1.49. The number of amides is 2. The summed E-state index contributed by atoms with van der Waals surface area (Å²) in [5.74, 6) is -0.213. The van der Waals surface area contributed by atoms with Gasteiger partial charge in [0.05, 0.1) is 13.3 Å². The number of hydrogen-bond donors (Lipinski definition) is 2. The third-order valence-electron chi connectivity index (χ3n) is 2.73. The Balaban J connectivity index is 2.09. The summed E-state index contributed by atoms with van der Waals surface area (Å²) in [6.45, 7) is 1.39. The van der Waals surface area contributed by atoms with Crippen LogP contribution in [0.15, 0.2) is 12.1 Å². The maximum Gasteiger partial charge on any atom is 0.267 e. The lowest BCUT2D eigenvalue weighted by Crippen LogP contribution is -2.20. The molecule has 0 aliphatic carbocycles. The molecule has 1 aromatic rings. The number of nitrogens with one attached hydrogen (secondary N) is 1. The molecule has 0 radical (unpaired) electrons. The Kier molecular flexibility index (Phi) is 3.42. The monoisotopic (exact) mass is 250 g/mol. The van der Waals surface area contributed by atoms with Gasteiger partial charge in [-0.3, -0.25) is 14.5 Å². The Morgan fingerprint density at radius 2 is 2.50 bits per heavy atom. The van der Waals surface area contributed by atoms with E-state index < -0.39 is 5.91 Å². The SMILES string of the molecule is COc1nc(C(N)=O)ccc1CN1CC1NC=O. The van der Waals surface area contributed by atoms with Crippen LogP contribution in [0.3, 0.4) is 0 Å². The van der Waals surface area contributed by atoms with Gasteiger partial charge in [0.1, 0.15) is 5.69 Å². The minimum absolute atomic E-state index is 0.0722. The number of rotatable bonds is 6. The van der Waals surface area contributed by atoms with Gasteiger partial charge in [0.15, 0.2) is 0 Å². The number of methoxy groups -OCH3 is 1. The molecule has 2 unspecified atom stereocenters. The second-order valence-corrected chi connectivity index (χ2v) is 3.96. The third kappa shape index (κ3) is 2.57. The number of pyridine rings is 1. The number of nitrogens with two attached hydrogens (primary N) is 1. The fraction of sp³-hybridized carbons (Fsp3) is 0.364. The normalized spacial score (nSPS) is 21.2. The first kappa shape index (κ1) is 12.3. The van der Waals surface area contributed by atoms with E-state index in [0.717, 1.165) is 12.1 Å². The summed E-state index contributed by atoms with van der Waals surface area (Å²) < 4.78 is 5.12. The van der Waals surface area contributed by atoms with E-state index in [1.54, 1.807) is 12.1 Å². The number of primary amides is 1. The number of hydrogen-bond acceptors (Lipinski definition) is 5. The molecule has 1 aliphatic rings. The zero-order chi connectivity index (χ0) is 13.1. The van der Waals surface area contributed by atoms with Gasteiger partial charge in [-0.15, -0.1) is 0 Å². The van der Waals surface area contributed by atoms with Gasteiger partial charge in [-0.2, -0.15) is 0 Å². The number of carbonyl (C=O) groups excluding carboxylic acids is 2. The largest absolute Gasteiger partial charge is 0.481 e. The van der Waals surface area contributed by atoms with Crippen molar-refractivity contribution >= 4 is 12.3 Å². The molecule has 2 rings (SSSR count). The second-order valence-electron chi connectivity index (χ2n) is 3.96. The van der Waals surface area contributed by atoms with Crippen LogP contribution in [0, 0.1) is 0 Å². The standard InChI is InChI=1S/C11H14N4O3/c1-18-11-7(2-3-8(14-11)10(12)17)4-15-5-9(15)13-6-16/h2-3,6,9H,4-5H2,1H3,(H2,12,17)(H,13,16). The van der Waals surface area contributed by atoms with Crippen molar-refractivity contribution in [2.24, 2.45) is 5.73 Å². The van der Waals surface area contributed by atoms with Gasteiger partial charge in [-0.05, 0) is 12.1 Å². The minimum atomic E-state index is -0.591. The summed E-state index contributed by atoms with van der Waals surface area (Å²) in [5.41, 5.74) is 6.16. The van der Waals surface area contributed by atoms with Gasteiger partial charge >= 0.3 is 0 Å². The number of ether oxygens (including phenoxy) is 1. The summed E-state index contributed by atoms with van der Waals surface area (Å²) in [6, 6.07) is 3.31. The van der Waals surface area contributed by atoms with Crippen molar-refractivity contribution in [3.8, 4) is 5.88 Å². The van der Waals surface area contributed by atoms with Gasteiger partial charge in [0.2, 0.25) is 12.3 Å². The number of aromatic nitrogens is 1. The molecular weight excluding hydrogens is 236 g/mol. The van der Waals surface area contributed by atoms with E-state index in [1.807, 2.05) is 4.90 Å². The van der Waals surface area contributed by atoms with Crippen LogP contribution in [0.4, 0.5) is 0 Å².